The Balaban J connectivity index is 0.000000157. The van der Waals surface area contributed by atoms with Crippen molar-refractivity contribution in [1.82, 2.24) is 10.2 Å². The van der Waals surface area contributed by atoms with E-state index in [9.17, 15) is 0 Å². The summed E-state index contributed by atoms with van der Waals surface area (Å²) in [6, 6.07) is 0. The van der Waals surface area contributed by atoms with E-state index >= 15 is 0 Å². The highest BCUT2D eigenvalue weighted by Gasteiger charge is 2.00. The minimum Gasteiger partial charge on any atom is -0.160 e. The molecule has 0 spiro atoms. The molecule has 3 rings (SSSR count). The van der Waals surface area contributed by atoms with Crippen molar-refractivity contribution in [1.29, 1.82) is 0 Å². The standard InChI is InChI=1S/2C5H8N2.C4H6N2S/c2*1-4-3-5(2)7-6-4;1-3-5-6-4(2)7-3/h2*3H2,1-2H3;1-2H3. The van der Waals surface area contributed by atoms with Crippen molar-refractivity contribution in [3.05, 3.63) is 10.0 Å². The average molecular weight is 306 g/mol. The third-order valence-electron chi connectivity index (χ3n) is 2.43. The van der Waals surface area contributed by atoms with Crippen LogP contribution in [0.5, 0.6) is 0 Å². The van der Waals surface area contributed by atoms with Gasteiger partial charge in [0.25, 0.3) is 0 Å². The van der Waals surface area contributed by atoms with Gasteiger partial charge >= 0.3 is 0 Å². The number of rotatable bonds is 0. The molecule has 1 aromatic heterocycles. The molecule has 0 saturated carbocycles. The van der Waals surface area contributed by atoms with Crippen molar-refractivity contribution in [2.24, 2.45) is 20.4 Å². The first-order chi connectivity index (χ1) is 9.86. The predicted octanol–water partition coefficient (Wildman–Crippen LogP) is 3.61. The lowest BCUT2D eigenvalue weighted by Crippen LogP contribution is -1.90. The van der Waals surface area contributed by atoms with Gasteiger partial charge in [0.1, 0.15) is 10.0 Å². The molecule has 0 N–H and O–H groups in total. The summed E-state index contributed by atoms with van der Waals surface area (Å²) < 4.78 is 0. The molecule has 0 saturated heterocycles. The fourth-order valence-corrected chi connectivity index (χ4v) is 2.21. The second kappa shape index (κ2) is 8.51. The molecule has 2 aliphatic heterocycles. The Hall–Kier alpha value is -1.76. The van der Waals surface area contributed by atoms with E-state index in [0.29, 0.717) is 0 Å². The van der Waals surface area contributed by atoms with E-state index in [2.05, 4.69) is 30.6 Å². The van der Waals surface area contributed by atoms with Crippen LogP contribution in [0.15, 0.2) is 20.4 Å². The van der Waals surface area contributed by atoms with Gasteiger partial charge in [-0.1, -0.05) is 0 Å². The second-order valence-electron chi connectivity index (χ2n) is 5.03. The van der Waals surface area contributed by atoms with Crippen LogP contribution in [-0.4, -0.2) is 33.0 Å². The SMILES string of the molecule is CC1=NN=C(C)C1.CC1=NN=C(C)C1.Cc1nnc(C)s1. The highest BCUT2D eigenvalue weighted by atomic mass is 32.1. The Morgan fingerprint density at radius 3 is 0.952 bits per heavy atom. The van der Waals surface area contributed by atoms with E-state index in [1.807, 2.05) is 41.5 Å². The van der Waals surface area contributed by atoms with Gasteiger partial charge in [0.05, 0.1) is 0 Å². The van der Waals surface area contributed by atoms with Gasteiger partial charge in [-0.05, 0) is 41.5 Å². The van der Waals surface area contributed by atoms with Gasteiger partial charge < -0.3 is 0 Å². The minimum absolute atomic E-state index is 0.972. The smallest absolute Gasteiger partial charge is 0.114 e. The number of aryl methyl sites for hydroxylation is 2. The zero-order chi connectivity index (χ0) is 15.8. The fraction of sp³-hybridized carbons (Fsp3) is 0.571. The van der Waals surface area contributed by atoms with Crippen LogP contribution in [0, 0.1) is 13.8 Å². The zero-order valence-corrected chi connectivity index (χ0v) is 14.3. The monoisotopic (exact) mass is 306 g/mol. The predicted molar refractivity (Wildman–Crippen MR) is 91.1 cm³/mol. The molecule has 114 valence electrons. The zero-order valence-electron chi connectivity index (χ0n) is 13.5. The maximum Gasteiger partial charge on any atom is 0.114 e. The third-order valence-corrected chi connectivity index (χ3v) is 3.19. The van der Waals surface area contributed by atoms with Gasteiger partial charge in [0.2, 0.25) is 0 Å². The van der Waals surface area contributed by atoms with Crippen LogP contribution < -0.4 is 0 Å². The molecule has 0 atom stereocenters. The Labute approximate surface area is 129 Å². The van der Waals surface area contributed by atoms with E-state index in [4.69, 9.17) is 0 Å². The lowest BCUT2D eigenvalue weighted by atomic mass is 10.2. The van der Waals surface area contributed by atoms with Gasteiger partial charge in [-0.3, -0.25) is 0 Å². The van der Waals surface area contributed by atoms with E-state index < -0.39 is 0 Å². The average Bonchev–Trinajstić information content (AvgIpc) is 3.06. The van der Waals surface area contributed by atoms with Crippen molar-refractivity contribution in [2.75, 3.05) is 0 Å². The number of hydrogen-bond acceptors (Lipinski definition) is 7. The van der Waals surface area contributed by atoms with E-state index in [0.717, 1.165) is 45.7 Å². The van der Waals surface area contributed by atoms with Crippen molar-refractivity contribution in [2.45, 2.75) is 54.4 Å². The maximum absolute atomic E-state index is 3.82. The summed E-state index contributed by atoms with van der Waals surface area (Å²) in [7, 11) is 0. The minimum atomic E-state index is 0.972. The lowest BCUT2D eigenvalue weighted by Gasteiger charge is -1.80. The Morgan fingerprint density at radius 1 is 0.571 bits per heavy atom. The summed E-state index contributed by atoms with van der Waals surface area (Å²) in [5.41, 5.74) is 4.49. The Morgan fingerprint density at radius 2 is 0.857 bits per heavy atom. The molecule has 0 unspecified atom stereocenters. The molecule has 0 amide bonds. The second-order valence-corrected chi connectivity index (χ2v) is 6.42. The molecule has 0 aromatic carbocycles. The van der Waals surface area contributed by atoms with Gasteiger partial charge in [0.15, 0.2) is 0 Å². The van der Waals surface area contributed by atoms with E-state index in [-0.39, 0.29) is 0 Å². The Kier molecular flexibility index (Phi) is 7.01. The molecule has 1 aromatic rings. The largest absolute Gasteiger partial charge is 0.160 e. The molecule has 0 radical (unpaired) electrons. The lowest BCUT2D eigenvalue weighted by molar-refractivity contribution is 1.02. The van der Waals surface area contributed by atoms with Gasteiger partial charge in [-0.25, -0.2) is 0 Å². The first-order valence-electron chi connectivity index (χ1n) is 6.76. The van der Waals surface area contributed by atoms with Crippen LogP contribution in [0.1, 0.15) is 50.6 Å². The van der Waals surface area contributed by atoms with Gasteiger partial charge in [0, 0.05) is 35.7 Å². The molecule has 7 heteroatoms. The van der Waals surface area contributed by atoms with Crippen molar-refractivity contribution in [3.8, 4) is 0 Å². The van der Waals surface area contributed by atoms with Crippen LogP contribution in [-0.2, 0) is 0 Å². The van der Waals surface area contributed by atoms with E-state index in [1.165, 1.54) is 0 Å². The molecule has 6 nitrogen and oxygen atoms in total. The Bertz CT molecular complexity index is 512. The third kappa shape index (κ3) is 7.55. The first-order valence-corrected chi connectivity index (χ1v) is 7.58. The normalized spacial score (nSPS) is 15.9. The van der Waals surface area contributed by atoms with E-state index in [1.54, 1.807) is 11.3 Å². The number of nitrogens with zero attached hydrogens (tertiary/aromatic N) is 6. The van der Waals surface area contributed by atoms with Crippen molar-refractivity contribution in [3.63, 3.8) is 0 Å². The molecule has 0 aliphatic carbocycles. The summed E-state index contributed by atoms with van der Waals surface area (Å²) in [6.45, 7) is 11.8. The van der Waals surface area contributed by atoms with Gasteiger partial charge in [-0.15, -0.1) is 21.5 Å². The molecule has 0 fully saturated rings. The van der Waals surface area contributed by atoms with Crippen LogP contribution in [0.2, 0.25) is 0 Å². The highest BCUT2D eigenvalue weighted by Crippen LogP contribution is 2.04. The molecule has 0 bridgehead atoms. The molecule has 21 heavy (non-hydrogen) atoms. The summed E-state index contributed by atoms with van der Waals surface area (Å²) in [5.74, 6) is 0. The summed E-state index contributed by atoms with van der Waals surface area (Å²) in [4.78, 5) is 0. The van der Waals surface area contributed by atoms with Crippen LogP contribution in [0.3, 0.4) is 0 Å². The fourth-order valence-electron chi connectivity index (χ4n) is 1.62. The number of aromatic nitrogens is 2. The highest BCUT2D eigenvalue weighted by molar-refractivity contribution is 7.11. The van der Waals surface area contributed by atoms with Gasteiger partial charge in [-0.2, -0.15) is 20.4 Å². The molecular formula is C14H22N6S. The first kappa shape index (κ1) is 17.3. The molecule has 2 aliphatic rings. The van der Waals surface area contributed by atoms with Crippen molar-refractivity contribution < 1.29 is 0 Å². The summed E-state index contributed by atoms with van der Waals surface area (Å²) in [6.07, 6.45) is 1.94. The quantitative estimate of drug-likeness (QED) is 0.734. The topological polar surface area (TPSA) is 75.2 Å². The molecule has 3 heterocycles. The molecular weight excluding hydrogens is 284 g/mol. The number of hydrogen-bond donors (Lipinski definition) is 0. The maximum atomic E-state index is 3.82. The summed E-state index contributed by atoms with van der Waals surface area (Å²) >= 11 is 1.62. The van der Waals surface area contributed by atoms with Crippen LogP contribution in [0.4, 0.5) is 0 Å². The van der Waals surface area contributed by atoms with Crippen LogP contribution >= 0.6 is 11.3 Å². The summed E-state index contributed by atoms with van der Waals surface area (Å²) in [5, 5.41) is 24.9. The van der Waals surface area contributed by atoms with Crippen molar-refractivity contribution >= 4 is 34.2 Å². The van der Waals surface area contributed by atoms with Crippen LogP contribution in [0.25, 0.3) is 0 Å².